The van der Waals surface area contributed by atoms with Crippen LogP contribution >= 0.6 is 0 Å². The molecule has 0 fully saturated rings. The first-order valence-corrected chi connectivity index (χ1v) is 9.98. The highest BCUT2D eigenvalue weighted by molar-refractivity contribution is 5.76. The van der Waals surface area contributed by atoms with E-state index < -0.39 is 0 Å². The van der Waals surface area contributed by atoms with E-state index in [9.17, 15) is 4.79 Å². The quantitative estimate of drug-likeness (QED) is 0.434. The molecule has 0 atom stereocenters. The summed E-state index contributed by atoms with van der Waals surface area (Å²) in [5.74, 6) is 0.166. The molecule has 0 saturated carbocycles. The van der Waals surface area contributed by atoms with Crippen LogP contribution in [0, 0.1) is 0 Å². The van der Waals surface area contributed by atoms with Gasteiger partial charge in [-0.15, -0.1) is 0 Å². The molecule has 1 rings (SSSR count). The van der Waals surface area contributed by atoms with Crippen LogP contribution < -0.4 is 5.32 Å². The second-order valence-corrected chi connectivity index (χ2v) is 6.74. The fourth-order valence-electron chi connectivity index (χ4n) is 2.91. The van der Waals surface area contributed by atoms with Gasteiger partial charge in [0.15, 0.2) is 0 Å². The maximum atomic E-state index is 11.8. The molecule has 24 heavy (non-hydrogen) atoms. The first-order valence-electron chi connectivity index (χ1n) is 9.98. The van der Waals surface area contributed by atoms with E-state index in [1.165, 1.54) is 69.8 Å². The van der Waals surface area contributed by atoms with Crippen molar-refractivity contribution in [3.05, 3.63) is 30.1 Å². The predicted molar refractivity (Wildman–Crippen MR) is 102 cm³/mol. The van der Waals surface area contributed by atoms with Crippen LogP contribution in [0.25, 0.3) is 0 Å². The SMILES string of the molecule is CCCCCCCCCCCCCNC(=O)CCc1ccncc1. The standard InChI is InChI=1S/C21H36N2O/c1-2-3-4-5-6-7-8-9-10-11-12-17-23-21(24)14-13-20-15-18-22-19-16-20/h15-16,18-19H,2-14,17H2,1H3,(H,23,24). The van der Waals surface area contributed by atoms with Crippen molar-refractivity contribution in [1.29, 1.82) is 0 Å². The topological polar surface area (TPSA) is 42.0 Å². The van der Waals surface area contributed by atoms with Gasteiger partial charge in [-0.3, -0.25) is 9.78 Å². The molecule has 1 amide bonds. The van der Waals surface area contributed by atoms with Crippen LogP contribution in [0.3, 0.4) is 0 Å². The zero-order valence-electron chi connectivity index (χ0n) is 15.6. The third-order valence-electron chi connectivity index (χ3n) is 4.49. The second-order valence-electron chi connectivity index (χ2n) is 6.74. The largest absolute Gasteiger partial charge is 0.356 e. The number of hydrogen-bond acceptors (Lipinski definition) is 2. The van der Waals surface area contributed by atoms with Gasteiger partial charge in [-0.05, 0) is 30.5 Å². The van der Waals surface area contributed by atoms with Crippen molar-refractivity contribution in [3.8, 4) is 0 Å². The highest BCUT2D eigenvalue weighted by Crippen LogP contribution is 2.11. The van der Waals surface area contributed by atoms with E-state index in [0.717, 1.165) is 19.4 Å². The molecule has 0 aromatic carbocycles. The van der Waals surface area contributed by atoms with E-state index in [2.05, 4.69) is 17.2 Å². The lowest BCUT2D eigenvalue weighted by molar-refractivity contribution is -0.121. The van der Waals surface area contributed by atoms with Gasteiger partial charge in [0.1, 0.15) is 0 Å². The second kappa shape index (κ2) is 15.2. The van der Waals surface area contributed by atoms with Gasteiger partial charge in [0.05, 0.1) is 0 Å². The van der Waals surface area contributed by atoms with Crippen LogP contribution in [0.4, 0.5) is 0 Å². The molecule has 1 heterocycles. The van der Waals surface area contributed by atoms with Crippen LogP contribution in [0.1, 0.15) is 89.5 Å². The monoisotopic (exact) mass is 332 g/mol. The summed E-state index contributed by atoms with van der Waals surface area (Å²) >= 11 is 0. The molecule has 0 unspecified atom stereocenters. The Hall–Kier alpha value is -1.38. The van der Waals surface area contributed by atoms with E-state index >= 15 is 0 Å². The molecule has 0 saturated heterocycles. The Kier molecular flexibility index (Phi) is 13.1. The summed E-state index contributed by atoms with van der Waals surface area (Å²) in [5.41, 5.74) is 1.18. The Labute approximate surface area is 148 Å². The Morgan fingerprint density at radius 1 is 0.875 bits per heavy atom. The number of aromatic nitrogens is 1. The summed E-state index contributed by atoms with van der Waals surface area (Å²) in [6.45, 7) is 3.09. The average molecular weight is 333 g/mol. The number of carbonyl (C=O) groups excluding carboxylic acids is 1. The zero-order valence-corrected chi connectivity index (χ0v) is 15.6. The molecule has 1 aromatic rings. The minimum atomic E-state index is 0.166. The lowest BCUT2D eigenvalue weighted by Gasteiger charge is -2.06. The Balaban J connectivity index is 1.82. The Morgan fingerprint density at radius 2 is 1.42 bits per heavy atom. The van der Waals surface area contributed by atoms with Gasteiger partial charge in [-0.25, -0.2) is 0 Å². The summed E-state index contributed by atoms with van der Waals surface area (Å²) in [4.78, 5) is 15.8. The smallest absolute Gasteiger partial charge is 0.220 e. The lowest BCUT2D eigenvalue weighted by Crippen LogP contribution is -2.24. The maximum Gasteiger partial charge on any atom is 0.220 e. The average Bonchev–Trinajstić information content (AvgIpc) is 2.62. The fraction of sp³-hybridized carbons (Fsp3) is 0.714. The number of aryl methyl sites for hydroxylation is 1. The lowest BCUT2D eigenvalue weighted by atomic mass is 10.1. The number of unbranched alkanes of at least 4 members (excludes halogenated alkanes) is 10. The molecular weight excluding hydrogens is 296 g/mol. The first-order chi connectivity index (χ1) is 11.8. The van der Waals surface area contributed by atoms with Crippen molar-refractivity contribution in [2.24, 2.45) is 0 Å². The third-order valence-corrected chi connectivity index (χ3v) is 4.49. The maximum absolute atomic E-state index is 11.8. The highest BCUT2D eigenvalue weighted by Gasteiger charge is 2.01. The van der Waals surface area contributed by atoms with E-state index in [1.807, 2.05) is 12.1 Å². The zero-order chi connectivity index (χ0) is 17.3. The molecular formula is C21H36N2O. The summed E-state index contributed by atoms with van der Waals surface area (Å²) in [6.07, 6.45) is 19.7. The van der Waals surface area contributed by atoms with E-state index in [0.29, 0.717) is 6.42 Å². The van der Waals surface area contributed by atoms with Crippen LogP contribution in [-0.4, -0.2) is 17.4 Å². The predicted octanol–water partition coefficient (Wildman–Crippen LogP) is 5.44. The van der Waals surface area contributed by atoms with E-state index in [1.54, 1.807) is 12.4 Å². The molecule has 0 aliphatic rings. The molecule has 1 N–H and O–H groups in total. The van der Waals surface area contributed by atoms with Crippen LogP contribution in [-0.2, 0) is 11.2 Å². The van der Waals surface area contributed by atoms with E-state index in [-0.39, 0.29) is 5.91 Å². The fourth-order valence-corrected chi connectivity index (χ4v) is 2.91. The number of nitrogens with zero attached hydrogens (tertiary/aromatic N) is 1. The van der Waals surface area contributed by atoms with Gasteiger partial charge in [0.2, 0.25) is 5.91 Å². The van der Waals surface area contributed by atoms with Crippen molar-refractivity contribution in [2.45, 2.75) is 90.4 Å². The molecule has 136 valence electrons. The summed E-state index contributed by atoms with van der Waals surface area (Å²) < 4.78 is 0. The van der Waals surface area contributed by atoms with Crippen molar-refractivity contribution >= 4 is 5.91 Å². The minimum absolute atomic E-state index is 0.166. The number of amides is 1. The Morgan fingerprint density at radius 3 is 2.00 bits per heavy atom. The molecule has 0 bridgehead atoms. The highest BCUT2D eigenvalue weighted by atomic mass is 16.1. The molecule has 1 aromatic heterocycles. The number of carbonyl (C=O) groups is 1. The van der Waals surface area contributed by atoms with Gasteiger partial charge >= 0.3 is 0 Å². The molecule has 3 nitrogen and oxygen atoms in total. The number of rotatable bonds is 15. The third kappa shape index (κ3) is 12.1. The normalized spacial score (nSPS) is 10.7. The van der Waals surface area contributed by atoms with Gasteiger partial charge in [0, 0.05) is 25.4 Å². The van der Waals surface area contributed by atoms with Gasteiger partial charge in [0.25, 0.3) is 0 Å². The van der Waals surface area contributed by atoms with Crippen LogP contribution in [0.5, 0.6) is 0 Å². The van der Waals surface area contributed by atoms with Crippen LogP contribution in [0.2, 0.25) is 0 Å². The number of nitrogens with one attached hydrogen (secondary N) is 1. The summed E-state index contributed by atoms with van der Waals surface area (Å²) in [6, 6.07) is 3.94. The van der Waals surface area contributed by atoms with Gasteiger partial charge < -0.3 is 5.32 Å². The van der Waals surface area contributed by atoms with Crippen molar-refractivity contribution < 1.29 is 4.79 Å². The van der Waals surface area contributed by atoms with Gasteiger partial charge in [-0.2, -0.15) is 0 Å². The van der Waals surface area contributed by atoms with Crippen LogP contribution in [0.15, 0.2) is 24.5 Å². The van der Waals surface area contributed by atoms with E-state index in [4.69, 9.17) is 0 Å². The Bertz CT molecular complexity index is 406. The first kappa shape index (κ1) is 20.7. The number of hydrogen-bond donors (Lipinski definition) is 1. The molecule has 3 heteroatoms. The molecule has 0 radical (unpaired) electrons. The van der Waals surface area contributed by atoms with Crippen molar-refractivity contribution in [2.75, 3.05) is 6.54 Å². The van der Waals surface area contributed by atoms with Crippen molar-refractivity contribution in [3.63, 3.8) is 0 Å². The molecule has 0 aliphatic carbocycles. The number of pyridine rings is 1. The summed E-state index contributed by atoms with van der Waals surface area (Å²) in [5, 5.41) is 3.03. The molecule has 0 spiro atoms. The minimum Gasteiger partial charge on any atom is -0.356 e. The molecule has 0 aliphatic heterocycles. The van der Waals surface area contributed by atoms with Crippen molar-refractivity contribution in [1.82, 2.24) is 10.3 Å². The summed E-state index contributed by atoms with van der Waals surface area (Å²) in [7, 11) is 0. The van der Waals surface area contributed by atoms with Gasteiger partial charge in [-0.1, -0.05) is 71.1 Å².